The maximum Gasteiger partial charge on any atom is 0.227 e. The van der Waals surface area contributed by atoms with E-state index in [1.165, 1.54) is 6.42 Å². The molecule has 2 aromatic carbocycles. The molecule has 1 amide bonds. The molecule has 1 fully saturated rings. The summed E-state index contributed by atoms with van der Waals surface area (Å²) < 4.78 is 2.13. The lowest BCUT2D eigenvalue weighted by Crippen LogP contribution is -2.31. The SMILES string of the molecule is CC(C)(O)c1ccc2nc(NC(=O)C[C@@](C)(C=S)c3ccccc3)n(C3CCC3)c2c1. The first kappa shape index (κ1) is 21.7. The highest BCUT2D eigenvalue weighted by Gasteiger charge is 2.30. The molecule has 0 radical (unpaired) electrons. The molecule has 0 aliphatic heterocycles. The van der Waals surface area contributed by atoms with Crippen molar-refractivity contribution in [1.82, 2.24) is 9.55 Å². The number of nitrogens with one attached hydrogen (secondary N) is 1. The molecule has 1 heterocycles. The maximum atomic E-state index is 13.1. The van der Waals surface area contributed by atoms with Gasteiger partial charge in [-0.2, -0.15) is 0 Å². The number of fused-ring (bicyclic) bond motifs is 1. The highest BCUT2D eigenvalue weighted by molar-refractivity contribution is 7.79. The molecule has 0 bridgehead atoms. The Morgan fingerprint density at radius 3 is 2.48 bits per heavy atom. The van der Waals surface area contributed by atoms with Crippen LogP contribution in [-0.4, -0.2) is 25.9 Å². The minimum atomic E-state index is -0.941. The van der Waals surface area contributed by atoms with Gasteiger partial charge in [0.25, 0.3) is 0 Å². The summed E-state index contributed by atoms with van der Waals surface area (Å²) in [6.07, 6.45) is 3.52. The molecule has 1 aromatic heterocycles. The summed E-state index contributed by atoms with van der Waals surface area (Å²) in [6.45, 7) is 5.53. The molecule has 31 heavy (non-hydrogen) atoms. The van der Waals surface area contributed by atoms with Crippen LogP contribution < -0.4 is 5.32 Å². The number of aromatic nitrogens is 2. The van der Waals surface area contributed by atoms with Crippen molar-refractivity contribution in [3.05, 3.63) is 59.7 Å². The normalized spacial score (nSPS) is 16.5. The Morgan fingerprint density at radius 2 is 1.90 bits per heavy atom. The van der Waals surface area contributed by atoms with Crippen LogP contribution in [0.4, 0.5) is 5.95 Å². The van der Waals surface area contributed by atoms with Gasteiger partial charge in [-0.05, 0) is 61.7 Å². The molecular weight excluding hydrogens is 406 g/mol. The van der Waals surface area contributed by atoms with E-state index in [-0.39, 0.29) is 12.3 Å². The number of hydrogen-bond donors (Lipinski definition) is 2. The van der Waals surface area contributed by atoms with Crippen LogP contribution in [0, 0.1) is 0 Å². The van der Waals surface area contributed by atoms with Crippen LogP contribution in [0.25, 0.3) is 11.0 Å². The van der Waals surface area contributed by atoms with Gasteiger partial charge < -0.3 is 9.67 Å². The number of thiocarbonyl (C=S) groups is 1. The second-order valence-corrected chi connectivity index (χ2v) is 9.51. The minimum absolute atomic E-state index is 0.119. The van der Waals surface area contributed by atoms with Crippen LogP contribution in [0.1, 0.15) is 63.6 Å². The molecule has 1 aliphatic carbocycles. The standard InChI is InChI=1S/C25H29N3O2S/c1-24(2,30)18-12-13-20-21(14-18)28(19-10-7-11-19)23(26-20)27-22(29)15-25(3,16-31)17-8-5-4-6-9-17/h4-6,8-9,12-14,16,19,30H,7,10-11,15H2,1-3H3,(H,26,27,29)/t25-/m0/s1. The smallest absolute Gasteiger partial charge is 0.227 e. The van der Waals surface area contributed by atoms with Crippen molar-refractivity contribution in [2.45, 2.75) is 63.5 Å². The summed E-state index contributed by atoms with van der Waals surface area (Å²) in [4.78, 5) is 17.8. The van der Waals surface area contributed by atoms with E-state index >= 15 is 0 Å². The van der Waals surface area contributed by atoms with E-state index in [1.807, 2.05) is 55.5 Å². The first-order chi connectivity index (χ1) is 14.7. The second-order valence-electron chi connectivity index (χ2n) is 9.28. The molecule has 2 N–H and O–H groups in total. The third-order valence-corrected chi connectivity index (χ3v) is 6.83. The molecule has 0 saturated heterocycles. The number of carbonyl (C=O) groups excluding carboxylic acids is 1. The highest BCUT2D eigenvalue weighted by Crippen LogP contribution is 2.38. The molecular formula is C25H29N3O2S. The molecule has 1 atom stereocenters. The summed E-state index contributed by atoms with van der Waals surface area (Å²) >= 11 is 5.30. The summed E-state index contributed by atoms with van der Waals surface area (Å²) in [5.74, 6) is 0.448. The van der Waals surface area contributed by atoms with Gasteiger partial charge in [0, 0.05) is 17.9 Å². The lowest BCUT2D eigenvalue weighted by atomic mass is 9.81. The summed E-state index contributed by atoms with van der Waals surface area (Å²) in [7, 11) is 0. The summed E-state index contributed by atoms with van der Waals surface area (Å²) in [5, 5.41) is 15.2. The number of anilines is 1. The average Bonchev–Trinajstić information content (AvgIpc) is 3.03. The van der Waals surface area contributed by atoms with Crippen LogP contribution in [0.2, 0.25) is 0 Å². The number of carbonyl (C=O) groups is 1. The van der Waals surface area contributed by atoms with Crippen LogP contribution in [0.15, 0.2) is 48.5 Å². The predicted molar refractivity (Wildman–Crippen MR) is 129 cm³/mol. The number of nitrogens with zero attached hydrogens (tertiary/aromatic N) is 2. The van der Waals surface area contributed by atoms with E-state index < -0.39 is 11.0 Å². The Labute approximate surface area is 188 Å². The Hall–Kier alpha value is -2.57. The van der Waals surface area contributed by atoms with Gasteiger partial charge in [0.2, 0.25) is 11.9 Å². The van der Waals surface area contributed by atoms with E-state index in [9.17, 15) is 9.90 Å². The highest BCUT2D eigenvalue weighted by atomic mass is 32.1. The fourth-order valence-electron chi connectivity index (χ4n) is 4.11. The lowest BCUT2D eigenvalue weighted by Gasteiger charge is -2.30. The third kappa shape index (κ3) is 4.27. The number of benzene rings is 2. The molecule has 1 aliphatic rings. The molecule has 5 nitrogen and oxygen atoms in total. The van der Waals surface area contributed by atoms with E-state index in [0.29, 0.717) is 12.0 Å². The largest absolute Gasteiger partial charge is 0.386 e. The molecule has 3 aromatic rings. The first-order valence-corrected chi connectivity index (χ1v) is 11.2. The van der Waals surface area contributed by atoms with Gasteiger partial charge in [0.15, 0.2) is 0 Å². The van der Waals surface area contributed by atoms with Crippen molar-refractivity contribution in [3.63, 3.8) is 0 Å². The molecule has 1 saturated carbocycles. The Kier molecular flexibility index (Phi) is 5.71. The zero-order valence-electron chi connectivity index (χ0n) is 18.3. The van der Waals surface area contributed by atoms with Crippen molar-refractivity contribution in [2.75, 3.05) is 5.32 Å². The van der Waals surface area contributed by atoms with E-state index in [0.717, 1.165) is 35.0 Å². The monoisotopic (exact) mass is 435 g/mol. The summed E-state index contributed by atoms with van der Waals surface area (Å²) in [6, 6.07) is 16.0. The second kappa shape index (κ2) is 8.17. The van der Waals surface area contributed by atoms with E-state index in [4.69, 9.17) is 17.2 Å². The zero-order chi connectivity index (χ0) is 22.2. The first-order valence-electron chi connectivity index (χ1n) is 10.8. The maximum absolute atomic E-state index is 13.1. The topological polar surface area (TPSA) is 67.2 Å². The van der Waals surface area contributed by atoms with E-state index in [2.05, 4.69) is 9.88 Å². The number of aliphatic hydroxyl groups is 1. The van der Waals surface area contributed by atoms with Gasteiger partial charge in [0.05, 0.1) is 16.6 Å². The number of imidazole rings is 1. The Balaban J connectivity index is 1.66. The van der Waals surface area contributed by atoms with Crippen molar-refractivity contribution in [1.29, 1.82) is 0 Å². The van der Waals surface area contributed by atoms with Crippen LogP contribution >= 0.6 is 12.2 Å². The van der Waals surface area contributed by atoms with Crippen LogP contribution in [0.5, 0.6) is 0 Å². The third-order valence-electron chi connectivity index (χ3n) is 6.31. The van der Waals surface area contributed by atoms with Crippen LogP contribution in [-0.2, 0) is 15.8 Å². The van der Waals surface area contributed by atoms with Crippen molar-refractivity contribution in [2.24, 2.45) is 0 Å². The van der Waals surface area contributed by atoms with Gasteiger partial charge in [-0.3, -0.25) is 10.1 Å². The molecule has 162 valence electrons. The van der Waals surface area contributed by atoms with Crippen molar-refractivity contribution >= 4 is 40.5 Å². The number of rotatable bonds is 7. The van der Waals surface area contributed by atoms with Gasteiger partial charge in [-0.25, -0.2) is 4.98 Å². The Morgan fingerprint density at radius 1 is 1.19 bits per heavy atom. The predicted octanol–water partition coefficient (Wildman–Crippen LogP) is 5.27. The molecule has 0 unspecified atom stereocenters. The van der Waals surface area contributed by atoms with Gasteiger partial charge >= 0.3 is 0 Å². The average molecular weight is 436 g/mol. The van der Waals surface area contributed by atoms with Gasteiger partial charge in [-0.15, -0.1) is 0 Å². The number of hydrogen-bond acceptors (Lipinski definition) is 4. The molecule has 4 rings (SSSR count). The fraction of sp³-hybridized carbons (Fsp3) is 0.400. The molecule has 6 heteroatoms. The van der Waals surface area contributed by atoms with Gasteiger partial charge in [0.1, 0.15) is 0 Å². The Bertz CT molecular complexity index is 1110. The minimum Gasteiger partial charge on any atom is -0.386 e. The molecule has 0 spiro atoms. The van der Waals surface area contributed by atoms with Crippen molar-refractivity contribution < 1.29 is 9.90 Å². The van der Waals surface area contributed by atoms with E-state index in [1.54, 1.807) is 19.2 Å². The van der Waals surface area contributed by atoms with Gasteiger partial charge in [-0.1, -0.05) is 55.5 Å². The quantitative estimate of drug-likeness (QED) is 0.496. The summed E-state index contributed by atoms with van der Waals surface area (Å²) in [5.41, 5.74) is 2.12. The lowest BCUT2D eigenvalue weighted by molar-refractivity contribution is -0.116. The fourth-order valence-corrected chi connectivity index (χ4v) is 4.33. The van der Waals surface area contributed by atoms with Crippen LogP contribution in [0.3, 0.4) is 0 Å². The zero-order valence-corrected chi connectivity index (χ0v) is 19.1. The van der Waals surface area contributed by atoms with Crippen molar-refractivity contribution in [3.8, 4) is 0 Å². The number of amides is 1.